The molecule has 1 aliphatic rings. The predicted octanol–water partition coefficient (Wildman–Crippen LogP) is 3.69. The molecule has 6 heteroatoms. The largest absolute Gasteiger partial charge is 0.267 e. The van der Waals surface area contributed by atoms with Crippen molar-refractivity contribution >= 4 is 20.8 Å². The van der Waals surface area contributed by atoms with Crippen LogP contribution in [0, 0.1) is 5.82 Å². The molecule has 1 N–H and O–H groups in total. The number of nitrogens with one attached hydrogen (secondary N) is 1. The summed E-state index contributed by atoms with van der Waals surface area (Å²) in [5.41, 5.74) is 2.15. The SMILES string of the molecule is CC1=C(c2ccc(F)cc2)S(=O)(=O)NC1=NC[C@@H](C)c1ccccc1. The molecule has 0 bridgehead atoms. The third-order valence-electron chi connectivity index (χ3n) is 4.19. The normalized spacial score (nSPS) is 19.1. The van der Waals surface area contributed by atoms with Gasteiger partial charge in [0, 0.05) is 18.0 Å². The van der Waals surface area contributed by atoms with Crippen LogP contribution in [0.25, 0.3) is 4.91 Å². The summed E-state index contributed by atoms with van der Waals surface area (Å²) >= 11 is 0. The van der Waals surface area contributed by atoms with Crippen LogP contribution in [0.4, 0.5) is 4.39 Å². The van der Waals surface area contributed by atoms with Crippen molar-refractivity contribution in [3.63, 3.8) is 0 Å². The lowest BCUT2D eigenvalue weighted by Crippen LogP contribution is -2.24. The maximum Gasteiger partial charge on any atom is 0.264 e. The standard InChI is InChI=1S/C19H19FN2O2S/c1-13(15-6-4-3-5-7-15)12-21-19-14(2)18(25(23,24)22-19)16-8-10-17(20)11-9-16/h3-11,13H,12H2,1-2H3,(H,21,22)/t13-/m1/s1. The number of benzene rings is 2. The molecule has 4 nitrogen and oxygen atoms in total. The van der Waals surface area contributed by atoms with Crippen LogP contribution < -0.4 is 4.72 Å². The molecule has 0 aliphatic carbocycles. The average molecular weight is 358 g/mol. The molecule has 0 amide bonds. The first-order chi connectivity index (χ1) is 11.9. The minimum absolute atomic E-state index is 0.151. The first-order valence-corrected chi connectivity index (χ1v) is 9.46. The zero-order chi connectivity index (χ0) is 18.0. The van der Waals surface area contributed by atoms with Crippen LogP contribution in [-0.2, 0) is 10.0 Å². The van der Waals surface area contributed by atoms with E-state index in [2.05, 4.69) is 9.71 Å². The molecule has 1 aliphatic heterocycles. The minimum atomic E-state index is -3.69. The van der Waals surface area contributed by atoms with Crippen LogP contribution in [0.15, 0.2) is 65.2 Å². The topological polar surface area (TPSA) is 58.5 Å². The molecule has 1 heterocycles. The number of hydrogen-bond donors (Lipinski definition) is 1. The van der Waals surface area contributed by atoms with E-state index in [-0.39, 0.29) is 10.8 Å². The lowest BCUT2D eigenvalue weighted by atomic mass is 10.0. The van der Waals surface area contributed by atoms with Gasteiger partial charge in [-0.1, -0.05) is 49.4 Å². The number of nitrogens with zero attached hydrogens (tertiary/aromatic N) is 1. The van der Waals surface area contributed by atoms with E-state index in [1.165, 1.54) is 24.3 Å². The molecule has 0 saturated heterocycles. The third-order valence-corrected chi connectivity index (χ3v) is 5.74. The number of sulfonamides is 1. The van der Waals surface area contributed by atoms with Gasteiger partial charge < -0.3 is 0 Å². The molecule has 0 unspecified atom stereocenters. The highest BCUT2D eigenvalue weighted by molar-refractivity contribution is 8.00. The minimum Gasteiger partial charge on any atom is -0.267 e. The monoisotopic (exact) mass is 358 g/mol. The third kappa shape index (κ3) is 3.64. The second-order valence-electron chi connectivity index (χ2n) is 6.07. The molecule has 1 atom stereocenters. The lowest BCUT2D eigenvalue weighted by Gasteiger charge is -2.09. The first-order valence-electron chi connectivity index (χ1n) is 7.98. The molecule has 130 valence electrons. The fourth-order valence-corrected chi connectivity index (χ4v) is 4.32. The van der Waals surface area contributed by atoms with E-state index in [0.717, 1.165) is 5.56 Å². The van der Waals surface area contributed by atoms with Crippen LogP contribution in [-0.4, -0.2) is 20.8 Å². The Morgan fingerprint density at radius 3 is 2.36 bits per heavy atom. The summed E-state index contributed by atoms with van der Waals surface area (Å²) in [4.78, 5) is 4.62. The van der Waals surface area contributed by atoms with Crippen molar-refractivity contribution in [2.45, 2.75) is 19.8 Å². The van der Waals surface area contributed by atoms with E-state index in [0.29, 0.717) is 23.5 Å². The van der Waals surface area contributed by atoms with Gasteiger partial charge in [0.2, 0.25) is 0 Å². The van der Waals surface area contributed by atoms with E-state index in [9.17, 15) is 12.8 Å². The van der Waals surface area contributed by atoms with E-state index in [1.807, 2.05) is 37.3 Å². The fourth-order valence-electron chi connectivity index (χ4n) is 2.80. The molecule has 0 fully saturated rings. The van der Waals surface area contributed by atoms with E-state index in [1.54, 1.807) is 6.92 Å². The molecule has 2 aromatic rings. The van der Waals surface area contributed by atoms with Crippen LogP contribution in [0.5, 0.6) is 0 Å². The van der Waals surface area contributed by atoms with E-state index < -0.39 is 15.8 Å². The van der Waals surface area contributed by atoms with Crippen molar-refractivity contribution < 1.29 is 12.8 Å². The summed E-state index contributed by atoms with van der Waals surface area (Å²) in [5, 5.41) is 0. The fraction of sp³-hybridized carbons (Fsp3) is 0.211. The summed E-state index contributed by atoms with van der Waals surface area (Å²) in [7, 11) is -3.69. The second kappa shape index (κ2) is 6.80. The highest BCUT2D eigenvalue weighted by atomic mass is 32.2. The van der Waals surface area contributed by atoms with E-state index >= 15 is 0 Å². The van der Waals surface area contributed by atoms with Crippen LogP contribution in [0.3, 0.4) is 0 Å². The van der Waals surface area contributed by atoms with Gasteiger partial charge >= 0.3 is 0 Å². The van der Waals surface area contributed by atoms with E-state index in [4.69, 9.17) is 0 Å². The number of halogens is 1. The molecule has 0 spiro atoms. The Labute approximate surface area is 147 Å². The summed E-state index contributed by atoms with van der Waals surface area (Å²) in [6.45, 7) is 4.22. The molecule has 3 rings (SSSR count). The Morgan fingerprint density at radius 2 is 1.72 bits per heavy atom. The maximum absolute atomic E-state index is 13.1. The zero-order valence-electron chi connectivity index (χ0n) is 14.0. The zero-order valence-corrected chi connectivity index (χ0v) is 14.8. The van der Waals surface area contributed by atoms with Gasteiger partial charge in [-0.15, -0.1) is 0 Å². The summed E-state index contributed by atoms with van der Waals surface area (Å²) in [6.07, 6.45) is 0. The Hall–Kier alpha value is -2.47. The quantitative estimate of drug-likeness (QED) is 0.906. The van der Waals surface area contributed by atoms with Crippen molar-refractivity contribution in [1.82, 2.24) is 4.72 Å². The number of rotatable bonds is 4. The van der Waals surface area contributed by atoms with Crippen LogP contribution in [0.2, 0.25) is 0 Å². The number of aliphatic imine (C=N–C) groups is 1. The molecule has 0 aromatic heterocycles. The van der Waals surface area contributed by atoms with Crippen LogP contribution in [0.1, 0.15) is 30.9 Å². The second-order valence-corrected chi connectivity index (χ2v) is 7.69. The molecular weight excluding hydrogens is 339 g/mol. The number of hydrogen-bond acceptors (Lipinski definition) is 3. The maximum atomic E-state index is 13.1. The molecule has 0 saturated carbocycles. The van der Waals surface area contributed by atoms with Gasteiger partial charge in [-0.2, -0.15) is 0 Å². The van der Waals surface area contributed by atoms with Gasteiger partial charge in [-0.25, -0.2) is 12.8 Å². The highest BCUT2D eigenvalue weighted by Crippen LogP contribution is 2.30. The van der Waals surface area contributed by atoms with Crippen molar-refractivity contribution in [3.05, 3.63) is 77.1 Å². The summed E-state index contributed by atoms with van der Waals surface area (Å²) in [5.74, 6) is 0.110. The molecular formula is C19H19FN2O2S. The smallest absolute Gasteiger partial charge is 0.264 e. The lowest BCUT2D eigenvalue weighted by molar-refractivity contribution is 0.603. The van der Waals surface area contributed by atoms with Gasteiger partial charge in [0.15, 0.2) is 0 Å². The highest BCUT2D eigenvalue weighted by Gasteiger charge is 2.32. The van der Waals surface area contributed by atoms with Gasteiger partial charge in [0.25, 0.3) is 10.0 Å². The van der Waals surface area contributed by atoms with Crippen molar-refractivity contribution in [2.75, 3.05) is 6.54 Å². The van der Waals surface area contributed by atoms with Gasteiger partial charge in [0.05, 0.1) is 0 Å². The Bertz CT molecular complexity index is 933. The summed E-state index contributed by atoms with van der Waals surface area (Å²) < 4.78 is 40.5. The Balaban J connectivity index is 1.89. The average Bonchev–Trinajstić information content (AvgIpc) is 2.83. The van der Waals surface area contributed by atoms with Crippen LogP contribution >= 0.6 is 0 Å². The number of amidine groups is 1. The first kappa shape index (κ1) is 17.4. The Kier molecular flexibility index (Phi) is 4.72. The molecule has 2 aromatic carbocycles. The van der Waals surface area contributed by atoms with Crippen molar-refractivity contribution in [1.29, 1.82) is 0 Å². The summed E-state index contributed by atoms with van der Waals surface area (Å²) in [6, 6.07) is 15.4. The Morgan fingerprint density at radius 1 is 1.08 bits per heavy atom. The van der Waals surface area contributed by atoms with Crippen molar-refractivity contribution in [2.24, 2.45) is 4.99 Å². The molecule has 0 radical (unpaired) electrons. The molecule has 25 heavy (non-hydrogen) atoms. The van der Waals surface area contributed by atoms with Gasteiger partial charge in [-0.3, -0.25) is 9.71 Å². The predicted molar refractivity (Wildman–Crippen MR) is 98.2 cm³/mol. The van der Waals surface area contributed by atoms with Gasteiger partial charge in [0.1, 0.15) is 16.6 Å². The van der Waals surface area contributed by atoms with Gasteiger partial charge in [-0.05, 0) is 30.2 Å². The van der Waals surface area contributed by atoms with Crippen molar-refractivity contribution in [3.8, 4) is 0 Å².